The second-order valence-corrected chi connectivity index (χ2v) is 13.7. The van der Waals surface area contributed by atoms with E-state index in [1.165, 1.54) is 44.9 Å². The maximum absolute atomic E-state index is 10.3. The maximum atomic E-state index is 10.3. The highest BCUT2D eigenvalue weighted by Gasteiger charge is 2.84. The fourth-order valence-corrected chi connectivity index (χ4v) is 11.1. The fraction of sp³-hybridized carbons (Fsp3) is 0.929. The molecule has 0 radical (unpaired) electrons. The van der Waals surface area contributed by atoms with Gasteiger partial charge in [0.15, 0.2) is 0 Å². The molecule has 3 heteroatoms. The monoisotopic (exact) mass is 425 g/mol. The lowest BCUT2D eigenvalue weighted by molar-refractivity contribution is -0.146. The average Bonchev–Trinajstić information content (AvgIpc) is 3.08. The summed E-state index contributed by atoms with van der Waals surface area (Å²) in [6.07, 6.45) is 14.1. The Balaban J connectivity index is 1.23. The second-order valence-electron chi connectivity index (χ2n) is 13.7. The molecular weight excluding hydrogens is 382 g/mol. The van der Waals surface area contributed by atoms with Gasteiger partial charge < -0.3 is 15.2 Å². The minimum atomic E-state index is -0.0989. The summed E-state index contributed by atoms with van der Waals surface area (Å²) < 4.78 is 7.23. The van der Waals surface area contributed by atoms with Crippen LogP contribution in [-0.2, 0) is 4.74 Å². The number of fused-ring (bicyclic) bond motifs is 6. The number of aliphatic hydroxyl groups excluding tert-OH is 1. The third-order valence-corrected chi connectivity index (χ3v) is 12.7. The van der Waals surface area contributed by atoms with Gasteiger partial charge in [-0.2, -0.15) is 0 Å². The highest BCUT2D eigenvalue weighted by molar-refractivity contribution is 5.36. The van der Waals surface area contributed by atoms with Crippen molar-refractivity contribution in [3.8, 4) is 0 Å². The summed E-state index contributed by atoms with van der Waals surface area (Å²) in [5.41, 5.74) is 2.94. The lowest BCUT2D eigenvalue weighted by atomic mass is 9.56. The van der Waals surface area contributed by atoms with Crippen LogP contribution in [-0.4, -0.2) is 35.5 Å². The summed E-state index contributed by atoms with van der Waals surface area (Å²) in [5.74, 6) is 3.98. The minimum Gasteiger partial charge on any atom is -0.393 e. The molecule has 0 bridgehead atoms. The molecule has 0 unspecified atom stereocenters. The topological polar surface area (TPSA) is 41.5 Å². The van der Waals surface area contributed by atoms with Crippen molar-refractivity contribution < 1.29 is 9.84 Å². The lowest BCUT2D eigenvalue weighted by Crippen LogP contribution is -2.53. The molecule has 7 rings (SSSR count). The molecule has 2 aliphatic heterocycles. The van der Waals surface area contributed by atoms with E-state index >= 15 is 0 Å². The van der Waals surface area contributed by atoms with E-state index < -0.39 is 0 Å². The number of rotatable bonds is 0. The van der Waals surface area contributed by atoms with Crippen molar-refractivity contribution >= 4 is 0 Å². The number of aliphatic hydroxyl groups is 1. The summed E-state index contributed by atoms with van der Waals surface area (Å²) in [4.78, 5) is 0. The Labute approximate surface area is 188 Å². The lowest BCUT2D eigenvalue weighted by Gasteiger charge is -2.50. The Kier molecular flexibility index (Phi) is 3.87. The zero-order chi connectivity index (χ0) is 21.4. The van der Waals surface area contributed by atoms with Crippen LogP contribution in [0.25, 0.3) is 0 Å². The van der Waals surface area contributed by atoms with Gasteiger partial charge in [0.1, 0.15) is 0 Å². The predicted octanol–water partition coefficient (Wildman–Crippen LogP) is 5.08. The third kappa shape index (κ3) is 2.19. The standard InChI is InChI=1S/C28H43NO2/c1-16-11-23-24(29-14-16)17(2)28(31-23)10-8-21-20-6-5-18-12-19(30)7-9-25(18,3)22(20)13-27(21)15-26(27,28)4/h5,16-17,19-24,29-30H,6-15H2,1-4H3/t16-,17+,19-,20-,21-,22-,23+,24-,25-,26+,27+,28+/m0/s1. The van der Waals surface area contributed by atoms with Crippen molar-refractivity contribution in [2.75, 3.05) is 6.54 Å². The van der Waals surface area contributed by atoms with Gasteiger partial charge in [-0.1, -0.05) is 39.3 Å². The van der Waals surface area contributed by atoms with Gasteiger partial charge in [-0.15, -0.1) is 0 Å². The van der Waals surface area contributed by atoms with Crippen molar-refractivity contribution in [2.45, 2.75) is 109 Å². The van der Waals surface area contributed by atoms with Crippen LogP contribution in [0, 0.1) is 45.8 Å². The molecule has 0 amide bonds. The van der Waals surface area contributed by atoms with E-state index in [1.807, 2.05) is 0 Å². The third-order valence-electron chi connectivity index (χ3n) is 12.7. The minimum absolute atomic E-state index is 0.0989. The van der Waals surface area contributed by atoms with E-state index in [-0.39, 0.29) is 11.7 Å². The normalized spacial score (nSPS) is 64.1. The Morgan fingerprint density at radius 3 is 2.81 bits per heavy atom. The van der Waals surface area contributed by atoms with Gasteiger partial charge in [0.05, 0.1) is 17.8 Å². The molecule has 2 heterocycles. The first-order chi connectivity index (χ1) is 14.7. The van der Waals surface area contributed by atoms with E-state index in [4.69, 9.17) is 4.74 Å². The zero-order valence-electron chi connectivity index (χ0n) is 20.1. The highest BCUT2D eigenvalue weighted by Crippen LogP contribution is 2.87. The molecule has 3 nitrogen and oxygen atoms in total. The number of hydrogen-bond acceptors (Lipinski definition) is 3. The summed E-state index contributed by atoms with van der Waals surface area (Å²) in [7, 11) is 0. The predicted molar refractivity (Wildman–Crippen MR) is 122 cm³/mol. The molecule has 2 N–H and O–H groups in total. The van der Waals surface area contributed by atoms with Crippen LogP contribution in [0.4, 0.5) is 0 Å². The van der Waals surface area contributed by atoms with E-state index in [9.17, 15) is 5.11 Å². The van der Waals surface area contributed by atoms with Crippen molar-refractivity contribution in [3.63, 3.8) is 0 Å². The van der Waals surface area contributed by atoms with Gasteiger partial charge >= 0.3 is 0 Å². The number of allylic oxidation sites excluding steroid dienone is 1. The number of nitrogens with one attached hydrogen (secondary N) is 1. The summed E-state index contributed by atoms with van der Waals surface area (Å²) in [6, 6.07) is 0.566. The quantitative estimate of drug-likeness (QED) is 0.532. The molecule has 12 atom stereocenters. The van der Waals surface area contributed by atoms with Gasteiger partial charge in [0.2, 0.25) is 0 Å². The first-order valence-corrected chi connectivity index (χ1v) is 13.5. The van der Waals surface area contributed by atoms with Crippen LogP contribution < -0.4 is 5.32 Å². The molecule has 0 aromatic rings. The second kappa shape index (κ2) is 5.99. The van der Waals surface area contributed by atoms with Crippen LogP contribution >= 0.6 is 0 Å². The van der Waals surface area contributed by atoms with Gasteiger partial charge in [0, 0.05) is 17.4 Å². The number of hydrogen-bond donors (Lipinski definition) is 2. The molecule has 31 heavy (non-hydrogen) atoms. The molecule has 2 saturated heterocycles. The Morgan fingerprint density at radius 2 is 1.97 bits per heavy atom. The molecule has 0 aromatic carbocycles. The fourth-order valence-electron chi connectivity index (χ4n) is 11.1. The largest absolute Gasteiger partial charge is 0.393 e. The van der Waals surface area contributed by atoms with Crippen molar-refractivity contribution in [1.82, 2.24) is 5.32 Å². The van der Waals surface area contributed by atoms with Crippen LogP contribution in [0.2, 0.25) is 0 Å². The van der Waals surface area contributed by atoms with Crippen LogP contribution in [0.3, 0.4) is 0 Å². The average molecular weight is 426 g/mol. The smallest absolute Gasteiger partial charge is 0.0787 e. The van der Waals surface area contributed by atoms with E-state index in [0.717, 1.165) is 43.1 Å². The van der Waals surface area contributed by atoms with Crippen molar-refractivity contribution in [1.29, 1.82) is 0 Å². The van der Waals surface area contributed by atoms with E-state index in [2.05, 4.69) is 39.1 Å². The molecule has 0 aromatic heterocycles. The van der Waals surface area contributed by atoms with Crippen LogP contribution in [0.5, 0.6) is 0 Å². The molecular formula is C28H43NO2. The molecule has 5 aliphatic carbocycles. The molecule has 4 saturated carbocycles. The van der Waals surface area contributed by atoms with Gasteiger partial charge in [-0.05, 0) is 98.8 Å². The van der Waals surface area contributed by atoms with Gasteiger partial charge in [-0.25, -0.2) is 0 Å². The Hall–Kier alpha value is -0.380. The van der Waals surface area contributed by atoms with E-state index in [1.54, 1.807) is 5.57 Å². The van der Waals surface area contributed by atoms with Gasteiger partial charge in [-0.3, -0.25) is 0 Å². The summed E-state index contributed by atoms with van der Waals surface area (Å²) in [5, 5.41) is 14.2. The summed E-state index contributed by atoms with van der Waals surface area (Å²) in [6.45, 7) is 11.3. The SMILES string of the molecule is C[C@@H]1CN[C@H]2[C@@H](C)[C@@]3(CC[C@H]4[C@@H]5CC=C6C[C@@H](O)CC[C@]6(C)[C@H]5C[C@@]45C[C@]53C)O[C@@H]2C1. The molecule has 172 valence electrons. The Bertz CT molecular complexity index is 839. The Morgan fingerprint density at radius 1 is 1.13 bits per heavy atom. The molecule has 6 fully saturated rings. The van der Waals surface area contributed by atoms with Crippen LogP contribution in [0.15, 0.2) is 11.6 Å². The molecule has 2 spiro atoms. The number of piperidine rings is 1. The summed E-state index contributed by atoms with van der Waals surface area (Å²) >= 11 is 0. The maximum Gasteiger partial charge on any atom is 0.0787 e. The zero-order valence-corrected chi connectivity index (χ0v) is 20.1. The molecule has 7 aliphatic rings. The van der Waals surface area contributed by atoms with Crippen molar-refractivity contribution in [2.24, 2.45) is 45.8 Å². The van der Waals surface area contributed by atoms with E-state index in [0.29, 0.717) is 34.3 Å². The number of ether oxygens (including phenoxy) is 1. The highest BCUT2D eigenvalue weighted by atomic mass is 16.5. The first kappa shape index (κ1) is 20.0. The van der Waals surface area contributed by atoms with Crippen LogP contribution in [0.1, 0.15) is 85.5 Å². The first-order valence-electron chi connectivity index (χ1n) is 13.5. The van der Waals surface area contributed by atoms with Gasteiger partial charge in [0.25, 0.3) is 0 Å². The van der Waals surface area contributed by atoms with Crippen molar-refractivity contribution in [3.05, 3.63) is 11.6 Å².